The van der Waals surface area contributed by atoms with Gasteiger partial charge in [-0.15, -0.1) is 0 Å². The fourth-order valence-electron chi connectivity index (χ4n) is 7.51. The summed E-state index contributed by atoms with van der Waals surface area (Å²) in [4.78, 5) is 37.8. The van der Waals surface area contributed by atoms with Crippen molar-refractivity contribution in [3.63, 3.8) is 0 Å². The number of hydrogen-bond donors (Lipinski definition) is 0. The molecule has 0 bridgehead atoms. The number of ether oxygens (including phenoxy) is 3. The fourth-order valence-corrected chi connectivity index (χ4v) is 7.51. The largest absolute Gasteiger partial charge is 0.462 e. The first-order valence-corrected chi connectivity index (χ1v) is 28.4. The normalized spacial score (nSPS) is 12.9. The summed E-state index contributed by atoms with van der Waals surface area (Å²) in [5.41, 5.74) is 0. The number of allylic oxidation sites excluding steroid dienone is 18. The minimum absolute atomic E-state index is 0.0894. The second-order valence-electron chi connectivity index (χ2n) is 18.5. The standard InChI is InChI=1S/C63H104O6/c1-4-7-10-13-15-17-19-21-23-25-26-27-28-29-30-31-32-33-34-35-36-38-39-41-43-45-47-50-53-56-62(65)68-59-60(58-67-61(64)55-52-49-12-9-6-3)69-63(66)57-54-51-48-46-44-42-40-37-24-22-20-18-16-14-11-8-5-2/h7,10,15,17,21-24,26-27,29-30,32-33,35-36,39,41,60H,4-6,8-9,11-14,16,18-20,25,28,31,34,37-38,40,42-59H2,1-3H3/b10-7-,17-15-,23-21-,24-22-,27-26-,30-29-,33-32-,36-35-,41-39-. The molecule has 392 valence electrons. The second kappa shape index (κ2) is 56.7. The van der Waals surface area contributed by atoms with E-state index >= 15 is 0 Å². The predicted octanol–water partition coefficient (Wildman–Crippen LogP) is 19.1. The zero-order valence-electron chi connectivity index (χ0n) is 44.8. The van der Waals surface area contributed by atoms with E-state index in [0.717, 1.165) is 128 Å². The maximum absolute atomic E-state index is 12.8. The first-order valence-electron chi connectivity index (χ1n) is 28.4. The smallest absolute Gasteiger partial charge is 0.306 e. The van der Waals surface area contributed by atoms with Crippen LogP contribution in [0.2, 0.25) is 0 Å². The van der Waals surface area contributed by atoms with Gasteiger partial charge in [0, 0.05) is 19.3 Å². The van der Waals surface area contributed by atoms with Crippen molar-refractivity contribution < 1.29 is 28.6 Å². The van der Waals surface area contributed by atoms with Crippen molar-refractivity contribution in [2.75, 3.05) is 13.2 Å². The Bertz CT molecular complexity index is 1420. The van der Waals surface area contributed by atoms with Crippen LogP contribution in [0, 0.1) is 0 Å². The quantitative estimate of drug-likeness (QED) is 0.0262. The Morgan fingerprint density at radius 2 is 0.565 bits per heavy atom. The summed E-state index contributed by atoms with van der Waals surface area (Å²) in [5, 5.41) is 0. The Hall–Kier alpha value is -3.93. The summed E-state index contributed by atoms with van der Waals surface area (Å²) >= 11 is 0. The SMILES string of the molecule is CC/C=C\C/C=C\C/C=C\C/C=C\C/C=C\C/C=C\C/C=C\C/C=C\CCCCCCC(=O)OCC(COC(=O)CCCCCCC)OC(=O)CCCCCCCCC/C=C\CCCCCCCC. The first-order chi connectivity index (χ1) is 34.0. The van der Waals surface area contributed by atoms with Crippen molar-refractivity contribution in [1.82, 2.24) is 0 Å². The Morgan fingerprint density at radius 1 is 0.304 bits per heavy atom. The molecule has 0 amide bonds. The lowest BCUT2D eigenvalue weighted by Gasteiger charge is -2.18. The summed E-state index contributed by atoms with van der Waals surface area (Å²) in [6, 6.07) is 0. The van der Waals surface area contributed by atoms with E-state index < -0.39 is 6.10 Å². The molecule has 0 rings (SSSR count). The Kier molecular flexibility index (Phi) is 53.4. The molecule has 0 aliphatic heterocycles. The lowest BCUT2D eigenvalue weighted by Crippen LogP contribution is -2.30. The van der Waals surface area contributed by atoms with E-state index in [1.807, 2.05) is 0 Å². The molecule has 6 heteroatoms. The highest BCUT2D eigenvalue weighted by molar-refractivity contribution is 5.71. The van der Waals surface area contributed by atoms with Gasteiger partial charge in [-0.05, 0) is 109 Å². The van der Waals surface area contributed by atoms with Crippen molar-refractivity contribution in [3.8, 4) is 0 Å². The van der Waals surface area contributed by atoms with Crippen molar-refractivity contribution in [2.45, 2.75) is 258 Å². The molecule has 0 aromatic rings. The summed E-state index contributed by atoms with van der Waals surface area (Å²) in [5.74, 6) is -0.935. The molecule has 0 saturated carbocycles. The average Bonchev–Trinajstić information content (AvgIpc) is 3.35. The number of unbranched alkanes of at least 4 members (excludes halogenated alkanes) is 21. The average molecular weight is 958 g/mol. The van der Waals surface area contributed by atoms with Crippen LogP contribution in [-0.4, -0.2) is 37.2 Å². The van der Waals surface area contributed by atoms with Gasteiger partial charge in [0.05, 0.1) is 0 Å². The summed E-state index contributed by atoms with van der Waals surface area (Å²) in [7, 11) is 0. The molecule has 6 nitrogen and oxygen atoms in total. The lowest BCUT2D eigenvalue weighted by atomic mass is 10.1. The molecule has 0 fully saturated rings. The number of rotatable bonds is 50. The van der Waals surface area contributed by atoms with Crippen LogP contribution in [0.1, 0.15) is 252 Å². The van der Waals surface area contributed by atoms with Crippen molar-refractivity contribution in [1.29, 1.82) is 0 Å². The van der Waals surface area contributed by atoms with Gasteiger partial charge in [-0.25, -0.2) is 0 Å². The molecule has 69 heavy (non-hydrogen) atoms. The third-order valence-corrected chi connectivity index (χ3v) is 11.8. The molecule has 0 N–H and O–H groups in total. The number of esters is 3. The van der Waals surface area contributed by atoms with E-state index in [-0.39, 0.29) is 31.1 Å². The van der Waals surface area contributed by atoms with Gasteiger partial charge in [0.25, 0.3) is 0 Å². The monoisotopic (exact) mass is 957 g/mol. The zero-order chi connectivity index (χ0) is 50.0. The molecular formula is C63H104O6. The van der Waals surface area contributed by atoms with Gasteiger partial charge in [0.1, 0.15) is 13.2 Å². The van der Waals surface area contributed by atoms with Crippen LogP contribution in [0.15, 0.2) is 109 Å². The van der Waals surface area contributed by atoms with Gasteiger partial charge in [-0.3, -0.25) is 14.4 Å². The van der Waals surface area contributed by atoms with E-state index in [4.69, 9.17) is 14.2 Å². The van der Waals surface area contributed by atoms with Crippen LogP contribution in [0.25, 0.3) is 0 Å². The maximum Gasteiger partial charge on any atom is 0.306 e. The van der Waals surface area contributed by atoms with E-state index in [2.05, 4.69) is 130 Å². The van der Waals surface area contributed by atoms with Crippen LogP contribution in [0.4, 0.5) is 0 Å². The molecule has 0 spiro atoms. The van der Waals surface area contributed by atoms with Crippen molar-refractivity contribution in [3.05, 3.63) is 109 Å². The molecule has 0 aliphatic rings. The lowest BCUT2D eigenvalue weighted by molar-refractivity contribution is -0.167. The number of carbonyl (C=O) groups excluding carboxylic acids is 3. The molecule has 0 aromatic carbocycles. The molecule has 1 unspecified atom stereocenters. The highest BCUT2D eigenvalue weighted by Crippen LogP contribution is 2.14. The fraction of sp³-hybridized carbons (Fsp3) is 0.667. The van der Waals surface area contributed by atoms with Crippen LogP contribution in [0.5, 0.6) is 0 Å². The molecule has 0 heterocycles. The third-order valence-electron chi connectivity index (χ3n) is 11.8. The molecule has 1 atom stereocenters. The predicted molar refractivity (Wildman–Crippen MR) is 297 cm³/mol. The van der Waals surface area contributed by atoms with Gasteiger partial charge in [-0.2, -0.15) is 0 Å². The topological polar surface area (TPSA) is 78.9 Å². The summed E-state index contributed by atoms with van der Waals surface area (Å²) in [6.07, 6.45) is 76.9. The van der Waals surface area contributed by atoms with Gasteiger partial charge >= 0.3 is 17.9 Å². The van der Waals surface area contributed by atoms with E-state index in [1.54, 1.807) is 0 Å². The van der Waals surface area contributed by atoms with Gasteiger partial charge < -0.3 is 14.2 Å². The first kappa shape index (κ1) is 65.1. The molecule has 0 aromatic heterocycles. The van der Waals surface area contributed by atoms with Crippen molar-refractivity contribution in [2.24, 2.45) is 0 Å². The van der Waals surface area contributed by atoms with Crippen LogP contribution in [0.3, 0.4) is 0 Å². The maximum atomic E-state index is 12.8. The Labute approximate surface area is 425 Å². The molecule has 0 aliphatic carbocycles. The molecule has 0 saturated heterocycles. The minimum atomic E-state index is -0.788. The van der Waals surface area contributed by atoms with Crippen LogP contribution >= 0.6 is 0 Å². The van der Waals surface area contributed by atoms with E-state index in [0.29, 0.717) is 19.3 Å². The number of hydrogen-bond acceptors (Lipinski definition) is 6. The van der Waals surface area contributed by atoms with Crippen LogP contribution < -0.4 is 0 Å². The van der Waals surface area contributed by atoms with Crippen molar-refractivity contribution >= 4 is 17.9 Å². The third kappa shape index (κ3) is 54.9. The van der Waals surface area contributed by atoms with Gasteiger partial charge in [-0.1, -0.05) is 233 Å². The highest BCUT2D eigenvalue weighted by atomic mass is 16.6. The van der Waals surface area contributed by atoms with Gasteiger partial charge in [0.15, 0.2) is 6.10 Å². The van der Waals surface area contributed by atoms with E-state index in [1.165, 1.54) is 83.5 Å². The van der Waals surface area contributed by atoms with E-state index in [9.17, 15) is 14.4 Å². The van der Waals surface area contributed by atoms with Crippen LogP contribution in [-0.2, 0) is 28.6 Å². The van der Waals surface area contributed by atoms with Gasteiger partial charge in [0.2, 0.25) is 0 Å². The minimum Gasteiger partial charge on any atom is -0.462 e. The Morgan fingerprint density at radius 3 is 0.899 bits per heavy atom. The Balaban J connectivity index is 4.18. The summed E-state index contributed by atoms with van der Waals surface area (Å²) in [6.45, 7) is 6.41. The summed E-state index contributed by atoms with van der Waals surface area (Å²) < 4.78 is 16.7. The number of carbonyl (C=O) groups is 3. The zero-order valence-corrected chi connectivity index (χ0v) is 44.8. The highest BCUT2D eigenvalue weighted by Gasteiger charge is 2.19. The molecular weight excluding hydrogens is 853 g/mol. The second-order valence-corrected chi connectivity index (χ2v) is 18.5. The molecule has 0 radical (unpaired) electrons.